The zero-order valence-corrected chi connectivity index (χ0v) is 18.7. The zero-order chi connectivity index (χ0) is 24.2. The predicted molar refractivity (Wildman–Crippen MR) is 122 cm³/mol. The summed E-state index contributed by atoms with van der Waals surface area (Å²) in [4.78, 5) is 29.5. The average Bonchev–Trinajstić information content (AvgIpc) is 3.35. The lowest BCUT2D eigenvalue weighted by Gasteiger charge is -2.18. The number of fused-ring (bicyclic) bond motifs is 1. The van der Waals surface area contributed by atoms with Crippen molar-refractivity contribution in [2.24, 2.45) is 0 Å². The standard InChI is InChI=1S/C25H26F2N4O3/c1-2-5-20(29-23(33)10-15-8-17(26)12-18(27)9-15)25(34)30-22-13-31(14-28-22)24-19-7-4-3-6-16(19)11-21(24)32/h3-4,6-9,12-14,20-21,24,32H,2,5,10-11H2,1H3,(H,29,33)(H,30,34)/t20-,21-,24+/m0/s1. The van der Waals surface area contributed by atoms with E-state index in [1.165, 1.54) is 0 Å². The highest BCUT2D eigenvalue weighted by molar-refractivity contribution is 5.96. The number of amides is 2. The normalized spacial score (nSPS) is 17.8. The summed E-state index contributed by atoms with van der Waals surface area (Å²) in [6.45, 7) is 1.88. The lowest BCUT2D eigenvalue weighted by Crippen LogP contribution is -2.44. The quantitative estimate of drug-likeness (QED) is 0.473. The molecule has 2 amide bonds. The number of nitrogens with zero attached hydrogens (tertiary/aromatic N) is 2. The summed E-state index contributed by atoms with van der Waals surface area (Å²) in [5, 5.41) is 15.9. The lowest BCUT2D eigenvalue weighted by molar-refractivity contribution is -0.126. The van der Waals surface area contributed by atoms with Crippen LogP contribution in [0.1, 0.15) is 42.5 Å². The maximum Gasteiger partial charge on any atom is 0.248 e. The van der Waals surface area contributed by atoms with Crippen molar-refractivity contribution < 1.29 is 23.5 Å². The largest absolute Gasteiger partial charge is 0.390 e. The molecule has 1 aromatic heterocycles. The van der Waals surface area contributed by atoms with Crippen LogP contribution < -0.4 is 10.6 Å². The van der Waals surface area contributed by atoms with Gasteiger partial charge in [0.2, 0.25) is 11.8 Å². The van der Waals surface area contributed by atoms with E-state index in [2.05, 4.69) is 15.6 Å². The van der Waals surface area contributed by atoms with Crippen molar-refractivity contribution in [2.45, 2.75) is 50.8 Å². The first-order valence-electron chi connectivity index (χ1n) is 11.2. The summed E-state index contributed by atoms with van der Waals surface area (Å²) < 4.78 is 28.5. The van der Waals surface area contributed by atoms with Crippen LogP contribution in [0.2, 0.25) is 0 Å². The second kappa shape index (κ2) is 10.1. The van der Waals surface area contributed by atoms with E-state index in [-0.39, 0.29) is 18.0 Å². The molecule has 0 bridgehead atoms. The minimum atomic E-state index is -0.834. The average molecular weight is 469 g/mol. The van der Waals surface area contributed by atoms with E-state index < -0.39 is 35.6 Å². The van der Waals surface area contributed by atoms with Crippen LogP contribution in [0.5, 0.6) is 0 Å². The number of nitrogens with one attached hydrogen (secondary N) is 2. The Morgan fingerprint density at radius 2 is 1.94 bits per heavy atom. The number of carbonyl (C=O) groups is 2. The fraction of sp³-hybridized carbons (Fsp3) is 0.320. The third kappa shape index (κ3) is 5.31. The Morgan fingerprint density at radius 1 is 1.21 bits per heavy atom. The van der Waals surface area contributed by atoms with E-state index in [1.54, 1.807) is 17.1 Å². The van der Waals surface area contributed by atoms with Gasteiger partial charge in [-0.3, -0.25) is 9.59 Å². The van der Waals surface area contributed by atoms with Crippen LogP contribution in [-0.4, -0.2) is 38.6 Å². The number of aliphatic hydroxyl groups is 1. The summed E-state index contributed by atoms with van der Waals surface area (Å²) in [7, 11) is 0. The van der Waals surface area contributed by atoms with E-state index in [4.69, 9.17) is 0 Å². The second-order valence-corrected chi connectivity index (χ2v) is 8.47. The number of halogens is 2. The van der Waals surface area contributed by atoms with E-state index in [0.717, 1.165) is 29.3 Å². The fourth-order valence-electron chi connectivity index (χ4n) is 4.38. The maximum atomic E-state index is 13.4. The summed E-state index contributed by atoms with van der Waals surface area (Å²) in [5.74, 6) is -2.20. The summed E-state index contributed by atoms with van der Waals surface area (Å²) in [6.07, 6.45) is 3.90. The van der Waals surface area contributed by atoms with Gasteiger partial charge in [0.1, 0.15) is 17.7 Å². The van der Waals surface area contributed by atoms with E-state index >= 15 is 0 Å². The van der Waals surface area contributed by atoms with Crippen molar-refractivity contribution >= 4 is 17.6 Å². The Labute approximate surface area is 195 Å². The molecule has 0 aliphatic heterocycles. The molecule has 0 unspecified atom stereocenters. The van der Waals surface area contributed by atoms with Gasteiger partial charge in [-0.1, -0.05) is 37.6 Å². The van der Waals surface area contributed by atoms with Crippen LogP contribution in [0.15, 0.2) is 55.0 Å². The summed E-state index contributed by atoms with van der Waals surface area (Å²) in [6, 6.07) is 9.56. The van der Waals surface area contributed by atoms with Crippen LogP contribution in [0.3, 0.4) is 0 Å². The molecule has 9 heteroatoms. The van der Waals surface area contributed by atoms with Gasteiger partial charge in [0, 0.05) is 18.7 Å². The molecule has 1 aliphatic carbocycles. The lowest BCUT2D eigenvalue weighted by atomic mass is 10.1. The highest BCUT2D eigenvalue weighted by Gasteiger charge is 2.32. The Balaban J connectivity index is 1.41. The third-order valence-electron chi connectivity index (χ3n) is 5.86. The second-order valence-electron chi connectivity index (χ2n) is 8.47. The van der Waals surface area contributed by atoms with Crippen LogP contribution in [0.25, 0.3) is 0 Å². The van der Waals surface area contributed by atoms with Gasteiger partial charge in [-0.2, -0.15) is 0 Å². The third-order valence-corrected chi connectivity index (χ3v) is 5.86. The molecule has 34 heavy (non-hydrogen) atoms. The molecular formula is C25H26F2N4O3. The number of hydrogen-bond acceptors (Lipinski definition) is 4. The van der Waals surface area contributed by atoms with Crippen LogP contribution in [-0.2, 0) is 22.4 Å². The SMILES string of the molecule is CCC[C@H](NC(=O)Cc1cc(F)cc(F)c1)C(=O)Nc1cn([C@@H]2c3ccccc3C[C@@H]2O)cn1. The highest BCUT2D eigenvalue weighted by Crippen LogP contribution is 2.34. The number of aromatic nitrogens is 2. The Hall–Kier alpha value is -3.59. The molecule has 3 N–H and O–H groups in total. The van der Waals surface area contributed by atoms with Crippen molar-refractivity contribution in [1.82, 2.24) is 14.9 Å². The zero-order valence-electron chi connectivity index (χ0n) is 18.7. The van der Waals surface area contributed by atoms with Gasteiger partial charge in [0.05, 0.1) is 24.9 Å². The number of hydrogen-bond donors (Lipinski definition) is 3. The number of imidazole rings is 1. The molecule has 0 saturated carbocycles. The molecular weight excluding hydrogens is 442 g/mol. The number of anilines is 1. The number of benzene rings is 2. The van der Waals surface area contributed by atoms with E-state index in [0.29, 0.717) is 25.1 Å². The Kier molecular flexibility index (Phi) is 7.02. The van der Waals surface area contributed by atoms with Crippen molar-refractivity contribution in [3.05, 3.63) is 83.3 Å². The van der Waals surface area contributed by atoms with Gasteiger partial charge in [-0.15, -0.1) is 0 Å². The summed E-state index contributed by atoms with van der Waals surface area (Å²) in [5.41, 5.74) is 2.26. The molecule has 1 heterocycles. The molecule has 3 atom stereocenters. The van der Waals surface area contributed by atoms with Gasteiger partial charge in [-0.25, -0.2) is 13.8 Å². The highest BCUT2D eigenvalue weighted by atomic mass is 19.1. The minimum Gasteiger partial charge on any atom is -0.390 e. The smallest absolute Gasteiger partial charge is 0.248 e. The van der Waals surface area contributed by atoms with Gasteiger partial charge in [0.25, 0.3) is 0 Å². The molecule has 0 spiro atoms. The number of rotatable bonds is 8. The molecule has 1 aliphatic rings. The predicted octanol–water partition coefficient (Wildman–Crippen LogP) is 3.13. The molecule has 3 aromatic rings. The van der Waals surface area contributed by atoms with Gasteiger partial charge in [-0.05, 0) is 35.2 Å². The van der Waals surface area contributed by atoms with Crippen LogP contribution in [0, 0.1) is 11.6 Å². The van der Waals surface area contributed by atoms with Gasteiger partial charge < -0.3 is 20.3 Å². The monoisotopic (exact) mass is 468 g/mol. The van der Waals surface area contributed by atoms with Crippen LogP contribution in [0.4, 0.5) is 14.6 Å². The minimum absolute atomic E-state index is 0.180. The topological polar surface area (TPSA) is 96.2 Å². The number of carbonyl (C=O) groups excluding carboxylic acids is 2. The Morgan fingerprint density at radius 3 is 2.68 bits per heavy atom. The Bertz CT molecular complexity index is 1180. The molecule has 2 aromatic carbocycles. The van der Waals surface area contributed by atoms with Crippen molar-refractivity contribution in [3.63, 3.8) is 0 Å². The van der Waals surface area contributed by atoms with Crippen molar-refractivity contribution in [3.8, 4) is 0 Å². The molecule has 178 valence electrons. The first-order valence-corrected chi connectivity index (χ1v) is 11.2. The van der Waals surface area contributed by atoms with Crippen LogP contribution >= 0.6 is 0 Å². The van der Waals surface area contributed by atoms with E-state index in [9.17, 15) is 23.5 Å². The van der Waals surface area contributed by atoms with E-state index in [1.807, 2.05) is 31.2 Å². The first kappa shape index (κ1) is 23.6. The fourth-order valence-corrected chi connectivity index (χ4v) is 4.38. The van der Waals surface area contributed by atoms with Gasteiger partial charge in [0.15, 0.2) is 5.82 Å². The molecule has 0 fully saturated rings. The maximum absolute atomic E-state index is 13.4. The molecule has 0 radical (unpaired) electrons. The molecule has 4 rings (SSSR count). The number of aliphatic hydroxyl groups excluding tert-OH is 1. The van der Waals surface area contributed by atoms with Gasteiger partial charge >= 0.3 is 0 Å². The molecule has 0 saturated heterocycles. The first-order chi connectivity index (χ1) is 16.3. The molecule has 7 nitrogen and oxygen atoms in total. The summed E-state index contributed by atoms with van der Waals surface area (Å²) >= 11 is 0. The van der Waals surface area contributed by atoms with Crippen molar-refractivity contribution in [1.29, 1.82) is 0 Å². The van der Waals surface area contributed by atoms with Crippen molar-refractivity contribution in [2.75, 3.05) is 5.32 Å².